The third-order valence-corrected chi connectivity index (χ3v) is 3.48. The first-order valence-corrected chi connectivity index (χ1v) is 6.62. The standard InChI is InChI=1S/C13H20BrNO/c1-10(2)11-5-6-12(8-15(3)9-14)13(7-11)16-4/h5-7,10H,8-9H2,1-4H3. The fraction of sp³-hybridized carbons (Fsp3) is 0.538. The Labute approximate surface area is 107 Å². The van der Waals surface area contributed by atoms with Crippen molar-refractivity contribution in [1.29, 1.82) is 0 Å². The second-order valence-electron chi connectivity index (χ2n) is 4.36. The van der Waals surface area contributed by atoms with Crippen LogP contribution in [0.25, 0.3) is 0 Å². The van der Waals surface area contributed by atoms with Gasteiger partial charge in [0.1, 0.15) is 5.75 Å². The normalized spacial score (nSPS) is 11.2. The Morgan fingerprint density at radius 3 is 2.56 bits per heavy atom. The quantitative estimate of drug-likeness (QED) is 0.605. The SMILES string of the molecule is COc1cc(C(C)C)ccc1CN(C)CBr. The molecule has 0 amide bonds. The van der Waals surface area contributed by atoms with Gasteiger partial charge in [-0.15, -0.1) is 0 Å². The van der Waals surface area contributed by atoms with Crippen LogP contribution < -0.4 is 4.74 Å². The monoisotopic (exact) mass is 285 g/mol. The summed E-state index contributed by atoms with van der Waals surface area (Å²) in [4.78, 5) is 2.19. The molecule has 0 bridgehead atoms. The molecule has 0 heterocycles. The van der Waals surface area contributed by atoms with E-state index in [4.69, 9.17) is 4.74 Å². The first-order valence-electron chi connectivity index (χ1n) is 5.49. The van der Waals surface area contributed by atoms with Crippen molar-refractivity contribution >= 4 is 15.9 Å². The molecular formula is C13H20BrNO. The summed E-state index contributed by atoms with van der Waals surface area (Å²) in [5, 5.41) is 0. The van der Waals surface area contributed by atoms with Crippen LogP contribution in [-0.4, -0.2) is 24.5 Å². The molecule has 1 aromatic rings. The van der Waals surface area contributed by atoms with Gasteiger partial charge in [0, 0.05) is 12.1 Å². The Balaban J connectivity index is 2.93. The van der Waals surface area contributed by atoms with E-state index in [0.29, 0.717) is 5.92 Å². The summed E-state index contributed by atoms with van der Waals surface area (Å²) < 4.78 is 5.44. The van der Waals surface area contributed by atoms with Gasteiger partial charge in [-0.3, -0.25) is 4.90 Å². The molecule has 0 spiro atoms. The minimum atomic E-state index is 0.539. The first-order chi connectivity index (χ1) is 7.58. The van der Waals surface area contributed by atoms with Crippen LogP contribution in [0.15, 0.2) is 18.2 Å². The van der Waals surface area contributed by atoms with Crippen LogP contribution in [0.4, 0.5) is 0 Å². The number of ether oxygens (including phenoxy) is 1. The van der Waals surface area contributed by atoms with Gasteiger partial charge in [0.25, 0.3) is 0 Å². The maximum absolute atomic E-state index is 5.44. The third-order valence-electron chi connectivity index (χ3n) is 2.62. The predicted molar refractivity (Wildman–Crippen MR) is 72.3 cm³/mol. The highest BCUT2D eigenvalue weighted by atomic mass is 79.9. The number of rotatable bonds is 5. The third kappa shape index (κ3) is 3.49. The van der Waals surface area contributed by atoms with Crippen molar-refractivity contribution in [2.24, 2.45) is 0 Å². The van der Waals surface area contributed by atoms with Crippen molar-refractivity contribution in [1.82, 2.24) is 4.90 Å². The Morgan fingerprint density at radius 1 is 1.38 bits per heavy atom. The van der Waals surface area contributed by atoms with E-state index in [9.17, 15) is 0 Å². The minimum absolute atomic E-state index is 0.539. The Kier molecular flexibility index (Phi) is 5.29. The van der Waals surface area contributed by atoms with Gasteiger partial charge in [-0.1, -0.05) is 41.9 Å². The van der Waals surface area contributed by atoms with Gasteiger partial charge >= 0.3 is 0 Å². The molecule has 0 unspecified atom stereocenters. The van der Waals surface area contributed by atoms with E-state index in [1.807, 2.05) is 0 Å². The average Bonchev–Trinajstić information content (AvgIpc) is 2.29. The van der Waals surface area contributed by atoms with Crippen molar-refractivity contribution in [2.45, 2.75) is 26.3 Å². The van der Waals surface area contributed by atoms with Crippen LogP contribution in [0, 0.1) is 0 Å². The highest BCUT2D eigenvalue weighted by Gasteiger charge is 2.08. The Hall–Kier alpha value is -0.540. The summed E-state index contributed by atoms with van der Waals surface area (Å²) in [7, 11) is 3.81. The van der Waals surface area contributed by atoms with Gasteiger partial charge in [0.15, 0.2) is 0 Å². The van der Waals surface area contributed by atoms with Crippen molar-refractivity contribution in [2.75, 3.05) is 19.6 Å². The lowest BCUT2D eigenvalue weighted by atomic mass is 10.0. The lowest BCUT2D eigenvalue weighted by Crippen LogP contribution is -2.15. The zero-order valence-corrected chi connectivity index (χ0v) is 12.0. The summed E-state index contributed by atoms with van der Waals surface area (Å²) in [6, 6.07) is 6.49. The molecule has 0 aliphatic rings. The molecule has 1 aromatic carbocycles. The largest absolute Gasteiger partial charge is 0.496 e. The number of hydrogen-bond acceptors (Lipinski definition) is 2. The number of alkyl halides is 1. The molecule has 0 saturated carbocycles. The molecule has 0 atom stereocenters. The van der Waals surface area contributed by atoms with Gasteiger partial charge in [-0.25, -0.2) is 0 Å². The predicted octanol–water partition coefficient (Wildman–Crippen LogP) is 3.60. The molecule has 0 aromatic heterocycles. The second kappa shape index (κ2) is 6.26. The number of nitrogens with zero attached hydrogens (tertiary/aromatic N) is 1. The number of halogens is 1. The molecule has 0 N–H and O–H groups in total. The summed E-state index contributed by atoms with van der Waals surface area (Å²) in [5.41, 5.74) is 3.41. The van der Waals surface area contributed by atoms with Gasteiger partial charge in [-0.2, -0.15) is 0 Å². The van der Waals surface area contributed by atoms with Crippen molar-refractivity contribution < 1.29 is 4.74 Å². The molecular weight excluding hydrogens is 266 g/mol. The molecule has 0 aliphatic heterocycles. The van der Waals surface area contributed by atoms with Crippen LogP contribution in [-0.2, 0) is 6.54 Å². The van der Waals surface area contributed by atoms with Crippen molar-refractivity contribution in [3.8, 4) is 5.75 Å². The maximum Gasteiger partial charge on any atom is 0.123 e. The number of benzene rings is 1. The summed E-state index contributed by atoms with van der Waals surface area (Å²) in [6.45, 7) is 5.28. The topological polar surface area (TPSA) is 12.5 Å². The summed E-state index contributed by atoms with van der Waals surface area (Å²) in [6.07, 6.45) is 0. The van der Waals surface area contributed by atoms with E-state index in [-0.39, 0.29) is 0 Å². The fourth-order valence-corrected chi connectivity index (χ4v) is 1.76. The molecule has 0 radical (unpaired) electrons. The van der Waals surface area contributed by atoms with Crippen LogP contribution in [0.1, 0.15) is 30.9 Å². The van der Waals surface area contributed by atoms with E-state index in [1.54, 1.807) is 7.11 Å². The summed E-state index contributed by atoms with van der Waals surface area (Å²) in [5.74, 6) is 1.52. The maximum atomic E-state index is 5.44. The molecule has 0 saturated heterocycles. The van der Waals surface area contributed by atoms with Gasteiger partial charge < -0.3 is 4.74 Å². The zero-order valence-electron chi connectivity index (χ0n) is 10.5. The molecule has 0 fully saturated rings. The lowest BCUT2D eigenvalue weighted by molar-refractivity contribution is 0.364. The van der Waals surface area contributed by atoms with E-state index in [1.165, 1.54) is 11.1 Å². The van der Waals surface area contributed by atoms with E-state index < -0.39 is 0 Å². The van der Waals surface area contributed by atoms with Crippen LogP contribution in [0.3, 0.4) is 0 Å². The van der Waals surface area contributed by atoms with E-state index in [0.717, 1.165) is 17.7 Å². The molecule has 0 aliphatic carbocycles. The second-order valence-corrected chi connectivity index (χ2v) is 4.86. The first kappa shape index (κ1) is 13.5. The molecule has 2 nitrogen and oxygen atoms in total. The van der Waals surface area contributed by atoms with Crippen LogP contribution >= 0.6 is 15.9 Å². The van der Waals surface area contributed by atoms with Crippen molar-refractivity contribution in [3.05, 3.63) is 29.3 Å². The van der Waals surface area contributed by atoms with E-state index in [2.05, 4.69) is 59.9 Å². The van der Waals surface area contributed by atoms with Crippen LogP contribution in [0.5, 0.6) is 5.75 Å². The highest BCUT2D eigenvalue weighted by molar-refractivity contribution is 9.09. The Morgan fingerprint density at radius 2 is 2.06 bits per heavy atom. The van der Waals surface area contributed by atoms with Crippen LogP contribution in [0.2, 0.25) is 0 Å². The number of methoxy groups -OCH3 is 1. The lowest BCUT2D eigenvalue weighted by Gasteiger charge is -2.17. The average molecular weight is 286 g/mol. The molecule has 3 heteroatoms. The Bertz CT molecular complexity index is 339. The number of hydrogen-bond donors (Lipinski definition) is 0. The highest BCUT2D eigenvalue weighted by Crippen LogP contribution is 2.25. The van der Waals surface area contributed by atoms with Crippen molar-refractivity contribution in [3.63, 3.8) is 0 Å². The summed E-state index contributed by atoms with van der Waals surface area (Å²) >= 11 is 3.44. The minimum Gasteiger partial charge on any atom is -0.496 e. The molecule has 16 heavy (non-hydrogen) atoms. The zero-order chi connectivity index (χ0) is 12.1. The molecule has 1 rings (SSSR count). The smallest absolute Gasteiger partial charge is 0.123 e. The van der Waals surface area contributed by atoms with Gasteiger partial charge in [-0.05, 0) is 24.6 Å². The molecule has 90 valence electrons. The van der Waals surface area contributed by atoms with Gasteiger partial charge in [0.2, 0.25) is 0 Å². The van der Waals surface area contributed by atoms with Gasteiger partial charge in [0.05, 0.1) is 12.6 Å². The fourth-order valence-electron chi connectivity index (χ4n) is 1.58. The van der Waals surface area contributed by atoms with E-state index >= 15 is 0 Å².